The summed E-state index contributed by atoms with van der Waals surface area (Å²) in [6.07, 6.45) is -0.132. The van der Waals surface area contributed by atoms with Crippen LogP contribution in [0, 0.1) is 5.41 Å². The van der Waals surface area contributed by atoms with E-state index in [1.807, 2.05) is 30.3 Å². The summed E-state index contributed by atoms with van der Waals surface area (Å²) in [5.74, 6) is -0.635. The lowest BCUT2D eigenvalue weighted by atomic mass is 9.84. The average molecular weight is 337 g/mol. The van der Waals surface area contributed by atoms with Gasteiger partial charge in [-0.05, 0) is 25.3 Å². The molecular weight excluding hydrogens is 313 g/mol. The van der Waals surface area contributed by atoms with E-state index in [4.69, 9.17) is 9.47 Å². The Hall–Kier alpha value is -1.95. The molecule has 1 unspecified atom stereocenters. The zero-order valence-corrected chi connectivity index (χ0v) is 14.2. The van der Waals surface area contributed by atoms with Gasteiger partial charge < -0.3 is 14.4 Å². The highest BCUT2D eigenvalue weighted by Gasteiger charge is 2.47. The van der Waals surface area contributed by atoms with Gasteiger partial charge in [-0.15, -0.1) is 0 Å². The molecule has 0 spiro atoms. The number of carbonyl (C=O) groups excluding carboxylic acids is 2. The summed E-state index contributed by atoms with van der Waals surface area (Å²) >= 11 is 0. The fourth-order valence-electron chi connectivity index (χ4n) is 3.05. The third kappa shape index (κ3) is 4.12. The zero-order chi connectivity index (χ0) is 17.6. The summed E-state index contributed by atoms with van der Waals surface area (Å²) in [6.45, 7) is 2.01. The largest absolute Gasteiger partial charge is 0.469 e. The number of benzene rings is 1. The van der Waals surface area contributed by atoms with Crippen LogP contribution in [0.5, 0.6) is 0 Å². The summed E-state index contributed by atoms with van der Waals surface area (Å²) in [5.41, 5.74) is 0.0538. The van der Waals surface area contributed by atoms with Crippen LogP contribution in [0.4, 0.5) is 4.39 Å². The molecule has 1 saturated heterocycles. The van der Waals surface area contributed by atoms with Gasteiger partial charge in [0.2, 0.25) is 0 Å². The van der Waals surface area contributed by atoms with Gasteiger partial charge >= 0.3 is 5.97 Å². The van der Waals surface area contributed by atoms with E-state index in [-0.39, 0.29) is 18.9 Å². The van der Waals surface area contributed by atoms with Gasteiger partial charge in [-0.2, -0.15) is 0 Å². The molecule has 0 N–H and O–H groups in total. The van der Waals surface area contributed by atoms with Crippen LogP contribution >= 0.6 is 0 Å². The van der Waals surface area contributed by atoms with Crippen LogP contribution in [-0.4, -0.2) is 49.8 Å². The molecule has 0 saturated carbocycles. The zero-order valence-electron chi connectivity index (χ0n) is 14.2. The van der Waals surface area contributed by atoms with E-state index in [0.717, 1.165) is 5.56 Å². The molecule has 1 heterocycles. The second-order valence-corrected chi connectivity index (χ2v) is 6.16. The van der Waals surface area contributed by atoms with Crippen molar-refractivity contribution in [3.05, 3.63) is 35.9 Å². The first-order valence-electron chi connectivity index (χ1n) is 8.11. The van der Waals surface area contributed by atoms with Crippen molar-refractivity contribution < 1.29 is 23.5 Å². The van der Waals surface area contributed by atoms with E-state index in [9.17, 15) is 14.0 Å². The van der Waals surface area contributed by atoms with Gasteiger partial charge in [0.15, 0.2) is 0 Å². The van der Waals surface area contributed by atoms with Crippen LogP contribution in [0.3, 0.4) is 0 Å². The number of likely N-dealkylation sites (tertiary alicyclic amines) is 1. The Bertz CT molecular complexity index is 565. The molecule has 5 nitrogen and oxygen atoms in total. The first kappa shape index (κ1) is 18.4. The minimum atomic E-state index is -0.932. The molecular formula is C18H24FNO4. The lowest BCUT2D eigenvalue weighted by Gasteiger charge is -2.26. The molecule has 0 aromatic heterocycles. The van der Waals surface area contributed by atoms with Crippen molar-refractivity contribution in [3.8, 4) is 0 Å². The number of rotatable bonds is 7. The van der Waals surface area contributed by atoms with E-state index < -0.39 is 24.2 Å². The quantitative estimate of drug-likeness (QED) is 0.717. The first-order chi connectivity index (χ1) is 11.5. The molecule has 2 rings (SSSR count). The smallest absolute Gasteiger partial charge is 0.313 e. The van der Waals surface area contributed by atoms with Crippen LogP contribution in [0.2, 0.25) is 0 Å². The highest BCUT2D eigenvalue weighted by atomic mass is 19.1. The van der Waals surface area contributed by atoms with E-state index >= 15 is 0 Å². The van der Waals surface area contributed by atoms with Gasteiger partial charge in [0.05, 0.1) is 25.8 Å². The Kier molecular flexibility index (Phi) is 6.31. The third-order valence-corrected chi connectivity index (χ3v) is 4.55. The van der Waals surface area contributed by atoms with Crippen LogP contribution in [0.15, 0.2) is 30.3 Å². The molecule has 132 valence electrons. The third-order valence-electron chi connectivity index (χ3n) is 4.55. The molecule has 6 heteroatoms. The van der Waals surface area contributed by atoms with Crippen molar-refractivity contribution in [3.63, 3.8) is 0 Å². The SMILES string of the molecule is COC(=O)C1(CCF)CCN(C(=O)[C@H](C)OCc2ccccc2)C1. The van der Waals surface area contributed by atoms with Gasteiger partial charge in [0.25, 0.3) is 5.91 Å². The fourth-order valence-corrected chi connectivity index (χ4v) is 3.05. The van der Waals surface area contributed by atoms with E-state index in [2.05, 4.69) is 0 Å². The van der Waals surface area contributed by atoms with Crippen LogP contribution in [0.25, 0.3) is 0 Å². The lowest BCUT2D eigenvalue weighted by Crippen LogP contribution is -2.41. The Morgan fingerprint density at radius 2 is 2.04 bits per heavy atom. The normalized spacial score (nSPS) is 21.5. The highest BCUT2D eigenvalue weighted by molar-refractivity contribution is 5.84. The second kappa shape index (κ2) is 8.24. The molecule has 0 radical (unpaired) electrons. The molecule has 1 amide bonds. The summed E-state index contributed by atoms with van der Waals surface area (Å²) in [5, 5.41) is 0. The average Bonchev–Trinajstić information content (AvgIpc) is 3.05. The minimum absolute atomic E-state index is 0.0721. The second-order valence-electron chi connectivity index (χ2n) is 6.16. The first-order valence-corrected chi connectivity index (χ1v) is 8.11. The summed E-state index contributed by atoms with van der Waals surface area (Å²) in [6, 6.07) is 9.59. The predicted octanol–water partition coefficient (Wildman–Crippen LogP) is 2.34. The maximum absolute atomic E-state index is 12.8. The molecule has 24 heavy (non-hydrogen) atoms. The minimum Gasteiger partial charge on any atom is -0.469 e. The number of hydrogen-bond donors (Lipinski definition) is 0. The predicted molar refractivity (Wildman–Crippen MR) is 86.9 cm³/mol. The van der Waals surface area contributed by atoms with E-state index in [1.165, 1.54) is 7.11 Å². The molecule has 2 atom stereocenters. The summed E-state index contributed by atoms with van der Waals surface area (Å²) in [7, 11) is 1.29. The van der Waals surface area contributed by atoms with Crippen molar-refractivity contribution in [2.75, 3.05) is 26.9 Å². The molecule has 0 aliphatic carbocycles. The number of amides is 1. The maximum Gasteiger partial charge on any atom is 0.313 e. The van der Waals surface area contributed by atoms with Gasteiger partial charge in [0, 0.05) is 13.1 Å². The monoisotopic (exact) mass is 337 g/mol. The number of methoxy groups -OCH3 is 1. The molecule has 0 bridgehead atoms. The van der Waals surface area contributed by atoms with Gasteiger partial charge in [-0.3, -0.25) is 14.0 Å². The lowest BCUT2D eigenvalue weighted by molar-refractivity contribution is -0.153. The summed E-state index contributed by atoms with van der Waals surface area (Å²) in [4.78, 5) is 26.1. The Balaban J connectivity index is 1.93. The van der Waals surface area contributed by atoms with Crippen molar-refractivity contribution >= 4 is 11.9 Å². The number of nitrogens with zero attached hydrogens (tertiary/aromatic N) is 1. The Morgan fingerprint density at radius 1 is 1.33 bits per heavy atom. The summed E-state index contributed by atoms with van der Waals surface area (Å²) < 4.78 is 23.3. The molecule has 1 aliphatic rings. The van der Waals surface area contributed by atoms with Crippen LogP contribution in [0.1, 0.15) is 25.3 Å². The van der Waals surface area contributed by atoms with Crippen molar-refractivity contribution in [2.24, 2.45) is 5.41 Å². The number of esters is 1. The standard InChI is InChI=1S/C18H24FNO4/c1-14(24-12-15-6-4-3-5-7-15)16(21)20-11-9-18(13-20,8-10-19)17(22)23-2/h3-7,14H,8-13H2,1-2H3/t14-,18?/m0/s1. The fraction of sp³-hybridized carbons (Fsp3) is 0.556. The maximum atomic E-state index is 12.8. The number of hydrogen-bond acceptors (Lipinski definition) is 4. The highest BCUT2D eigenvalue weighted by Crippen LogP contribution is 2.36. The van der Waals surface area contributed by atoms with Gasteiger partial charge in [-0.1, -0.05) is 30.3 Å². The van der Waals surface area contributed by atoms with Crippen LogP contribution < -0.4 is 0 Å². The van der Waals surface area contributed by atoms with Crippen molar-refractivity contribution in [2.45, 2.75) is 32.5 Å². The number of ether oxygens (including phenoxy) is 2. The van der Waals surface area contributed by atoms with Crippen molar-refractivity contribution in [1.82, 2.24) is 4.90 Å². The Morgan fingerprint density at radius 3 is 2.67 bits per heavy atom. The molecule has 1 aliphatic heterocycles. The van der Waals surface area contributed by atoms with E-state index in [1.54, 1.807) is 11.8 Å². The topological polar surface area (TPSA) is 55.8 Å². The van der Waals surface area contributed by atoms with Crippen molar-refractivity contribution in [1.29, 1.82) is 0 Å². The van der Waals surface area contributed by atoms with Crippen LogP contribution in [-0.2, 0) is 25.7 Å². The van der Waals surface area contributed by atoms with Gasteiger partial charge in [0.1, 0.15) is 6.10 Å². The molecule has 1 aromatic carbocycles. The number of carbonyl (C=O) groups is 2. The van der Waals surface area contributed by atoms with Gasteiger partial charge in [-0.25, -0.2) is 0 Å². The van der Waals surface area contributed by atoms with E-state index in [0.29, 0.717) is 19.6 Å². The number of halogens is 1. The number of alkyl halides is 1. The molecule has 1 fully saturated rings. The molecule has 1 aromatic rings. The Labute approximate surface area is 141 Å².